The maximum atomic E-state index is 13.2. The molecule has 0 amide bonds. The molecule has 29 heavy (non-hydrogen) atoms. The van der Waals surface area contributed by atoms with Crippen molar-refractivity contribution >= 4 is 17.6 Å². The summed E-state index contributed by atoms with van der Waals surface area (Å²) in [5.41, 5.74) is -10.1. The summed E-state index contributed by atoms with van der Waals surface area (Å²) in [7, 11) is 1.48. The van der Waals surface area contributed by atoms with E-state index in [4.69, 9.17) is 0 Å². The SMILES string of the molecule is COC(=O)/C=C(/Nc1c(C(F)(F)F)cc(C(F)(F)F)cc1C(F)(F)F)C(=O)OC. The Morgan fingerprint density at radius 1 is 0.828 bits per heavy atom. The fraction of sp³-hybridized carbons (Fsp3) is 0.333. The van der Waals surface area contributed by atoms with Crippen molar-refractivity contribution in [2.75, 3.05) is 19.5 Å². The number of anilines is 1. The normalized spacial score (nSPS) is 13.1. The number of hydrogen-bond acceptors (Lipinski definition) is 5. The highest BCUT2D eigenvalue weighted by atomic mass is 19.4. The molecule has 0 atom stereocenters. The number of hydrogen-bond donors (Lipinski definition) is 1. The average Bonchev–Trinajstić information content (AvgIpc) is 2.57. The van der Waals surface area contributed by atoms with Gasteiger partial charge in [0.25, 0.3) is 0 Å². The molecule has 0 bridgehead atoms. The summed E-state index contributed by atoms with van der Waals surface area (Å²) < 4.78 is 126. The van der Waals surface area contributed by atoms with Crippen molar-refractivity contribution in [1.82, 2.24) is 0 Å². The van der Waals surface area contributed by atoms with E-state index in [9.17, 15) is 49.1 Å². The highest BCUT2D eigenvalue weighted by Crippen LogP contribution is 2.46. The van der Waals surface area contributed by atoms with Gasteiger partial charge in [0.05, 0.1) is 42.7 Å². The van der Waals surface area contributed by atoms with Crippen LogP contribution >= 0.6 is 0 Å². The summed E-state index contributed by atoms with van der Waals surface area (Å²) in [6.07, 6.45) is -16.8. The van der Waals surface area contributed by atoms with Crippen LogP contribution in [0, 0.1) is 0 Å². The zero-order valence-corrected chi connectivity index (χ0v) is 14.3. The van der Waals surface area contributed by atoms with Crippen molar-refractivity contribution in [3.05, 3.63) is 40.6 Å². The lowest BCUT2D eigenvalue weighted by Gasteiger charge is -2.22. The minimum Gasteiger partial charge on any atom is -0.466 e. The van der Waals surface area contributed by atoms with Crippen molar-refractivity contribution in [2.45, 2.75) is 18.5 Å². The number of carbonyl (C=O) groups excluding carboxylic acids is 2. The van der Waals surface area contributed by atoms with E-state index in [0.717, 1.165) is 7.11 Å². The fourth-order valence-corrected chi connectivity index (χ4v) is 1.96. The van der Waals surface area contributed by atoms with E-state index >= 15 is 0 Å². The number of benzene rings is 1. The second-order valence-electron chi connectivity index (χ2n) is 5.14. The van der Waals surface area contributed by atoms with Gasteiger partial charge in [-0.2, -0.15) is 39.5 Å². The lowest BCUT2D eigenvalue weighted by molar-refractivity contribution is -0.148. The molecule has 0 unspecified atom stereocenters. The Balaban J connectivity index is 3.88. The predicted molar refractivity (Wildman–Crippen MR) is 77.2 cm³/mol. The van der Waals surface area contributed by atoms with Gasteiger partial charge >= 0.3 is 30.5 Å². The molecule has 0 saturated heterocycles. The molecule has 0 aliphatic carbocycles. The van der Waals surface area contributed by atoms with E-state index in [1.807, 2.05) is 0 Å². The van der Waals surface area contributed by atoms with Gasteiger partial charge in [0.2, 0.25) is 0 Å². The largest absolute Gasteiger partial charge is 0.466 e. The second kappa shape index (κ2) is 8.21. The molecule has 1 rings (SSSR count). The van der Waals surface area contributed by atoms with E-state index in [1.54, 1.807) is 0 Å². The summed E-state index contributed by atoms with van der Waals surface area (Å²) in [6.45, 7) is 0. The molecule has 0 heterocycles. The number of ether oxygens (including phenoxy) is 2. The second-order valence-corrected chi connectivity index (χ2v) is 5.14. The third-order valence-corrected chi connectivity index (χ3v) is 3.20. The van der Waals surface area contributed by atoms with Gasteiger partial charge in [0.15, 0.2) is 0 Å². The van der Waals surface area contributed by atoms with Crippen LogP contribution < -0.4 is 5.32 Å². The molecular formula is C15H10F9NO4. The highest BCUT2D eigenvalue weighted by molar-refractivity contribution is 5.99. The minimum absolute atomic E-state index is 0.170. The minimum atomic E-state index is -5.70. The van der Waals surface area contributed by atoms with Crippen LogP contribution in [0.4, 0.5) is 45.2 Å². The Kier molecular flexibility index (Phi) is 6.82. The van der Waals surface area contributed by atoms with Gasteiger partial charge in [-0.15, -0.1) is 0 Å². The van der Waals surface area contributed by atoms with Gasteiger partial charge in [-0.1, -0.05) is 0 Å². The van der Waals surface area contributed by atoms with Gasteiger partial charge in [-0.25, -0.2) is 9.59 Å². The topological polar surface area (TPSA) is 64.6 Å². The molecule has 0 spiro atoms. The Bertz CT molecular complexity index is 788. The van der Waals surface area contributed by atoms with E-state index in [2.05, 4.69) is 9.47 Å². The molecular weight excluding hydrogens is 429 g/mol. The number of halogens is 9. The molecule has 1 aromatic rings. The van der Waals surface area contributed by atoms with Crippen molar-refractivity contribution < 1.29 is 58.6 Å². The number of carbonyl (C=O) groups is 2. The van der Waals surface area contributed by atoms with Crippen molar-refractivity contribution in [3.63, 3.8) is 0 Å². The van der Waals surface area contributed by atoms with Gasteiger partial charge in [-0.3, -0.25) is 0 Å². The first kappa shape index (κ1) is 24.1. The van der Waals surface area contributed by atoms with Crippen LogP contribution in [0.5, 0.6) is 0 Å². The lowest BCUT2D eigenvalue weighted by atomic mass is 10.0. The molecule has 1 N–H and O–H groups in total. The number of alkyl halides is 9. The number of esters is 2. The van der Waals surface area contributed by atoms with Crippen LogP contribution in [-0.4, -0.2) is 26.2 Å². The lowest BCUT2D eigenvalue weighted by Crippen LogP contribution is -2.23. The Morgan fingerprint density at radius 3 is 1.59 bits per heavy atom. The van der Waals surface area contributed by atoms with Crippen molar-refractivity contribution in [1.29, 1.82) is 0 Å². The summed E-state index contributed by atoms with van der Waals surface area (Å²) in [4.78, 5) is 22.9. The molecule has 1 aromatic carbocycles. The van der Waals surface area contributed by atoms with Crippen LogP contribution in [0.15, 0.2) is 23.9 Å². The Labute approximate surface area is 156 Å². The molecule has 5 nitrogen and oxygen atoms in total. The number of rotatable bonds is 4. The molecule has 0 aromatic heterocycles. The van der Waals surface area contributed by atoms with E-state index < -0.39 is 70.7 Å². The first-order chi connectivity index (χ1) is 13.0. The van der Waals surface area contributed by atoms with E-state index in [1.165, 1.54) is 5.32 Å². The zero-order chi connectivity index (χ0) is 22.8. The first-order valence-corrected chi connectivity index (χ1v) is 7.07. The van der Waals surface area contributed by atoms with Gasteiger partial charge in [0, 0.05) is 0 Å². The smallest absolute Gasteiger partial charge is 0.418 e. The maximum absolute atomic E-state index is 13.2. The van der Waals surface area contributed by atoms with Crippen LogP contribution in [0.3, 0.4) is 0 Å². The molecule has 0 aliphatic rings. The monoisotopic (exact) mass is 439 g/mol. The molecule has 14 heteroatoms. The standard InChI is InChI=1S/C15H10F9NO4/c1-28-10(26)5-9(12(27)29-2)25-11-7(14(19,20)21)3-6(13(16,17)18)4-8(11)15(22,23)24/h3-5,25H,1-2H3/b9-5+. The predicted octanol–water partition coefficient (Wildman–Crippen LogP) is 4.38. The quantitative estimate of drug-likeness (QED) is 0.429. The number of nitrogens with one attached hydrogen (secondary N) is 1. The van der Waals surface area contributed by atoms with Crippen LogP contribution in [0.1, 0.15) is 16.7 Å². The first-order valence-electron chi connectivity index (χ1n) is 7.07. The number of methoxy groups -OCH3 is 2. The summed E-state index contributed by atoms with van der Waals surface area (Å²) in [6, 6.07) is -1.13. The maximum Gasteiger partial charge on any atom is 0.418 e. The fourth-order valence-electron chi connectivity index (χ4n) is 1.96. The van der Waals surface area contributed by atoms with E-state index in [0.29, 0.717) is 7.11 Å². The molecule has 0 radical (unpaired) electrons. The average molecular weight is 439 g/mol. The molecule has 162 valence electrons. The van der Waals surface area contributed by atoms with Crippen molar-refractivity contribution in [2.24, 2.45) is 0 Å². The molecule has 0 aliphatic heterocycles. The van der Waals surface area contributed by atoms with Crippen LogP contribution in [-0.2, 0) is 37.6 Å². The zero-order valence-electron chi connectivity index (χ0n) is 14.3. The third kappa shape index (κ3) is 6.02. The van der Waals surface area contributed by atoms with Gasteiger partial charge in [0.1, 0.15) is 5.70 Å². The van der Waals surface area contributed by atoms with Crippen molar-refractivity contribution in [3.8, 4) is 0 Å². The summed E-state index contributed by atoms with van der Waals surface area (Å²) in [5.74, 6) is -2.96. The Hall–Kier alpha value is -2.93. The summed E-state index contributed by atoms with van der Waals surface area (Å²) in [5, 5.41) is 1.40. The van der Waals surface area contributed by atoms with Gasteiger partial charge < -0.3 is 14.8 Å². The Morgan fingerprint density at radius 2 is 1.28 bits per heavy atom. The molecule has 0 fully saturated rings. The van der Waals surface area contributed by atoms with Crippen LogP contribution in [0.2, 0.25) is 0 Å². The van der Waals surface area contributed by atoms with Crippen LogP contribution in [0.25, 0.3) is 0 Å². The molecule has 0 saturated carbocycles. The highest BCUT2D eigenvalue weighted by Gasteiger charge is 2.45. The third-order valence-electron chi connectivity index (χ3n) is 3.20. The van der Waals surface area contributed by atoms with E-state index in [-0.39, 0.29) is 6.08 Å². The summed E-state index contributed by atoms with van der Waals surface area (Å²) >= 11 is 0. The van der Waals surface area contributed by atoms with Gasteiger partial charge in [-0.05, 0) is 12.1 Å².